The first-order valence-electron chi connectivity index (χ1n) is 16.0. The second-order valence-corrected chi connectivity index (χ2v) is 12.1. The van der Waals surface area contributed by atoms with E-state index in [0.717, 1.165) is 44.9 Å². The van der Waals surface area contributed by atoms with Crippen molar-refractivity contribution in [2.24, 2.45) is 5.73 Å². The van der Waals surface area contributed by atoms with E-state index < -0.39 is 32.5 Å². The maximum absolute atomic E-state index is 12.4. The summed E-state index contributed by atoms with van der Waals surface area (Å²) in [6.45, 7) is 3.62. The van der Waals surface area contributed by atoms with Gasteiger partial charge in [-0.3, -0.25) is 18.6 Å². The van der Waals surface area contributed by atoms with Crippen molar-refractivity contribution in [2.45, 2.75) is 155 Å². The maximum Gasteiger partial charge on any atom is 0.472 e. The molecule has 0 spiro atoms. The molecule has 0 aliphatic carbocycles. The van der Waals surface area contributed by atoms with E-state index in [2.05, 4.69) is 13.8 Å². The summed E-state index contributed by atoms with van der Waals surface area (Å²) in [5.41, 5.74) is 5.29. The monoisotopic (exact) mass is 593 g/mol. The predicted molar refractivity (Wildman–Crippen MR) is 160 cm³/mol. The van der Waals surface area contributed by atoms with Gasteiger partial charge in [-0.25, -0.2) is 4.57 Å². The van der Waals surface area contributed by atoms with Gasteiger partial charge in [0.25, 0.3) is 0 Å². The van der Waals surface area contributed by atoms with Crippen molar-refractivity contribution < 1.29 is 37.6 Å². The Morgan fingerprint density at radius 1 is 0.650 bits per heavy atom. The van der Waals surface area contributed by atoms with Crippen LogP contribution >= 0.6 is 7.82 Å². The zero-order chi connectivity index (χ0) is 29.7. The normalized spacial score (nSPS) is 13.6. The van der Waals surface area contributed by atoms with Gasteiger partial charge in [0, 0.05) is 19.4 Å². The molecule has 0 aliphatic rings. The van der Waals surface area contributed by atoms with Crippen LogP contribution in [-0.2, 0) is 32.7 Å². The minimum absolute atomic E-state index is 0.0569. The molecule has 0 aromatic rings. The predicted octanol–water partition coefficient (Wildman–Crippen LogP) is 7.77. The molecule has 10 heteroatoms. The number of carbonyl (C=O) groups is 2. The lowest BCUT2D eigenvalue weighted by Gasteiger charge is -2.19. The summed E-state index contributed by atoms with van der Waals surface area (Å²) in [5.74, 6) is -0.838. The number of phosphoric ester groups is 1. The Labute approximate surface area is 244 Å². The molecule has 0 aromatic heterocycles. The van der Waals surface area contributed by atoms with Crippen molar-refractivity contribution in [3.63, 3.8) is 0 Å². The molecular formula is C30H60NO8P. The Morgan fingerprint density at radius 2 is 1.07 bits per heavy atom. The number of phosphoric acid groups is 1. The topological polar surface area (TPSA) is 134 Å². The van der Waals surface area contributed by atoms with Crippen LogP contribution in [0.3, 0.4) is 0 Å². The van der Waals surface area contributed by atoms with E-state index in [9.17, 15) is 19.0 Å². The highest BCUT2D eigenvalue weighted by Crippen LogP contribution is 2.43. The van der Waals surface area contributed by atoms with E-state index in [1.165, 1.54) is 70.6 Å². The lowest BCUT2D eigenvalue weighted by atomic mass is 10.0. The third-order valence-electron chi connectivity index (χ3n) is 6.74. The second kappa shape index (κ2) is 28.1. The van der Waals surface area contributed by atoms with Crippen LogP contribution in [0.15, 0.2) is 0 Å². The Bertz CT molecular complexity index is 649. The molecule has 2 unspecified atom stereocenters. The number of hydrogen-bond donors (Lipinski definition) is 2. The van der Waals surface area contributed by atoms with E-state index in [4.69, 9.17) is 24.3 Å². The van der Waals surface area contributed by atoms with E-state index in [1.54, 1.807) is 0 Å². The fourth-order valence-corrected chi connectivity index (χ4v) is 5.10. The highest BCUT2D eigenvalue weighted by atomic mass is 31.2. The number of ether oxygens (including phenoxy) is 2. The summed E-state index contributed by atoms with van der Waals surface area (Å²) in [4.78, 5) is 34.2. The smallest absolute Gasteiger partial charge is 0.462 e. The Morgan fingerprint density at radius 3 is 1.52 bits per heavy atom. The molecule has 0 rings (SSSR count). The van der Waals surface area contributed by atoms with Gasteiger partial charge in [-0.2, -0.15) is 0 Å². The fraction of sp³-hybridized carbons (Fsp3) is 0.933. The van der Waals surface area contributed by atoms with Crippen LogP contribution in [-0.4, -0.2) is 49.3 Å². The third-order valence-corrected chi connectivity index (χ3v) is 7.73. The van der Waals surface area contributed by atoms with Crippen LogP contribution in [0.4, 0.5) is 0 Å². The third kappa shape index (κ3) is 27.2. The van der Waals surface area contributed by atoms with Crippen molar-refractivity contribution in [3.8, 4) is 0 Å². The molecular weight excluding hydrogens is 533 g/mol. The van der Waals surface area contributed by atoms with Gasteiger partial charge in [0.2, 0.25) is 0 Å². The van der Waals surface area contributed by atoms with Gasteiger partial charge >= 0.3 is 19.8 Å². The molecule has 3 N–H and O–H groups in total. The molecule has 238 valence electrons. The zero-order valence-electron chi connectivity index (χ0n) is 25.6. The van der Waals surface area contributed by atoms with Crippen molar-refractivity contribution in [3.05, 3.63) is 0 Å². The molecule has 40 heavy (non-hydrogen) atoms. The van der Waals surface area contributed by atoms with Crippen molar-refractivity contribution in [2.75, 3.05) is 26.4 Å². The molecule has 0 bridgehead atoms. The number of nitrogens with two attached hydrogens (primary N) is 1. The van der Waals surface area contributed by atoms with Crippen molar-refractivity contribution in [1.82, 2.24) is 0 Å². The first kappa shape index (κ1) is 39.0. The van der Waals surface area contributed by atoms with Crippen LogP contribution < -0.4 is 5.73 Å². The van der Waals surface area contributed by atoms with Gasteiger partial charge < -0.3 is 20.1 Å². The lowest BCUT2D eigenvalue weighted by molar-refractivity contribution is -0.161. The molecule has 2 atom stereocenters. The van der Waals surface area contributed by atoms with Gasteiger partial charge in [0.05, 0.1) is 13.2 Å². The number of esters is 2. The Balaban J connectivity index is 4.19. The van der Waals surface area contributed by atoms with Crippen LogP contribution in [0, 0.1) is 0 Å². The van der Waals surface area contributed by atoms with Crippen LogP contribution in [0.2, 0.25) is 0 Å². The molecule has 0 aromatic carbocycles. The summed E-state index contributed by atoms with van der Waals surface area (Å²) in [7, 11) is -4.35. The summed E-state index contributed by atoms with van der Waals surface area (Å²) in [5, 5.41) is 0. The first-order chi connectivity index (χ1) is 19.3. The second-order valence-electron chi connectivity index (χ2n) is 10.7. The number of rotatable bonds is 30. The van der Waals surface area contributed by atoms with E-state index in [0.29, 0.717) is 6.42 Å². The molecule has 0 saturated heterocycles. The highest BCUT2D eigenvalue weighted by Gasteiger charge is 2.25. The maximum atomic E-state index is 12.4. The molecule has 0 aliphatic heterocycles. The number of hydrogen-bond acceptors (Lipinski definition) is 8. The minimum atomic E-state index is -4.35. The van der Waals surface area contributed by atoms with Gasteiger partial charge in [-0.1, -0.05) is 123 Å². The lowest BCUT2D eigenvalue weighted by Crippen LogP contribution is -2.29. The minimum Gasteiger partial charge on any atom is -0.462 e. The number of carbonyl (C=O) groups excluding carboxylic acids is 2. The van der Waals surface area contributed by atoms with Crippen LogP contribution in [0.5, 0.6) is 0 Å². The molecule has 0 radical (unpaired) electrons. The van der Waals surface area contributed by atoms with Crippen molar-refractivity contribution >= 4 is 19.8 Å². The first-order valence-corrected chi connectivity index (χ1v) is 17.5. The van der Waals surface area contributed by atoms with Crippen LogP contribution in [0.25, 0.3) is 0 Å². The summed E-state index contributed by atoms with van der Waals surface area (Å²) in [6, 6.07) is 0. The summed E-state index contributed by atoms with van der Waals surface area (Å²) < 4.78 is 32.3. The van der Waals surface area contributed by atoms with E-state index in [1.807, 2.05) is 0 Å². The van der Waals surface area contributed by atoms with Gasteiger partial charge in [0.1, 0.15) is 6.61 Å². The number of unbranched alkanes of at least 4 members (excludes halogenated alkanes) is 17. The average molecular weight is 594 g/mol. The zero-order valence-corrected chi connectivity index (χ0v) is 26.5. The fourth-order valence-electron chi connectivity index (χ4n) is 4.34. The standard InChI is InChI=1S/C30H60NO8P/c1-3-5-7-9-10-11-12-13-14-15-16-17-19-21-23-30(33)39-28(27-38-40(34,35)37-25-24-31)26-36-29(32)22-20-18-8-6-4-2/h28H,3-27,31H2,1-2H3,(H,34,35). The van der Waals surface area contributed by atoms with Crippen LogP contribution in [0.1, 0.15) is 149 Å². The average Bonchev–Trinajstić information content (AvgIpc) is 2.93. The molecule has 0 saturated carbocycles. The molecule has 0 fully saturated rings. The van der Waals surface area contributed by atoms with Gasteiger partial charge in [0.15, 0.2) is 6.10 Å². The Kier molecular flexibility index (Phi) is 27.4. The molecule has 9 nitrogen and oxygen atoms in total. The molecule has 0 heterocycles. The van der Waals surface area contributed by atoms with E-state index >= 15 is 0 Å². The van der Waals surface area contributed by atoms with Gasteiger partial charge in [-0.05, 0) is 12.8 Å². The quantitative estimate of drug-likeness (QED) is 0.0486. The summed E-state index contributed by atoms with van der Waals surface area (Å²) in [6.07, 6.45) is 21.7. The Hall–Kier alpha value is -0.990. The van der Waals surface area contributed by atoms with E-state index in [-0.39, 0.29) is 32.6 Å². The SMILES string of the molecule is CCCCCCCCCCCCCCCCC(=O)OC(COC(=O)CCCCCCC)COP(=O)(O)OCCN. The highest BCUT2D eigenvalue weighted by molar-refractivity contribution is 7.47. The largest absolute Gasteiger partial charge is 0.472 e. The van der Waals surface area contributed by atoms with Crippen molar-refractivity contribution in [1.29, 1.82) is 0 Å². The summed E-state index contributed by atoms with van der Waals surface area (Å²) >= 11 is 0. The molecule has 0 amide bonds. The van der Waals surface area contributed by atoms with Gasteiger partial charge in [-0.15, -0.1) is 0 Å².